The Morgan fingerprint density at radius 2 is 1.67 bits per heavy atom. The monoisotopic (exact) mass is 344 g/mol. The predicted octanol–water partition coefficient (Wildman–Crippen LogP) is 1.70. The molecule has 0 rings (SSSR count). The van der Waals surface area contributed by atoms with Gasteiger partial charge in [-0.15, -0.1) is 0 Å². The van der Waals surface area contributed by atoms with Gasteiger partial charge in [-0.05, 0) is 33.1 Å². The number of carbonyl (C=O) groups is 3. The van der Waals surface area contributed by atoms with Crippen LogP contribution in [0.5, 0.6) is 0 Å². The SMILES string of the molecule is COC(=O)/C(=C/NC(CC(C)C)C(=O)OC)NC(=O)OC(C)(C)C. The number of esters is 2. The molecule has 138 valence electrons. The Kier molecular flexibility index (Phi) is 8.87. The fourth-order valence-corrected chi connectivity index (χ4v) is 1.70. The second-order valence-corrected chi connectivity index (χ2v) is 6.55. The molecule has 0 bridgehead atoms. The van der Waals surface area contributed by atoms with Crippen LogP contribution >= 0.6 is 0 Å². The number of ether oxygens (including phenoxy) is 3. The van der Waals surface area contributed by atoms with Crippen LogP contribution in [0.15, 0.2) is 11.9 Å². The van der Waals surface area contributed by atoms with Crippen LogP contribution in [-0.2, 0) is 23.8 Å². The molecule has 0 aliphatic heterocycles. The van der Waals surface area contributed by atoms with Crippen molar-refractivity contribution in [3.8, 4) is 0 Å². The van der Waals surface area contributed by atoms with Gasteiger partial charge in [0, 0.05) is 6.20 Å². The van der Waals surface area contributed by atoms with Crippen molar-refractivity contribution in [3.05, 3.63) is 11.9 Å². The van der Waals surface area contributed by atoms with E-state index in [4.69, 9.17) is 9.47 Å². The summed E-state index contributed by atoms with van der Waals surface area (Å²) in [5.41, 5.74) is -0.894. The zero-order chi connectivity index (χ0) is 18.9. The number of carbonyl (C=O) groups excluding carboxylic acids is 3. The van der Waals surface area contributed by atoms with Crippen LogP contribution in [0.25, 0.3) is 0 Å². The Labute approximate surface area is 142 Å². The van der Waals surface area contributed by atoms with E-state index in [9.17, 15) is 14.4 Å². The fourth-order valence-electron chi connectivity index (χ4n) is 1.70. The Morgan fingerprint density at radius 3 is 2.08 bits per heavy atom. The van der Waals surface area contributed by atoms with Crippen molar-refractivity contribution >= 4 is 18.0 Å². The maximum atomic E-state index is 11.8. The molecule has 0 fully saturated rings. The smallest absolute Gasteiger partial charge is 0.412 e. The van der Waals surface area contributed by atoms with Gasteiger partial charge in [0.05, 0.1) is 14.2 Å². The zero-order valence-corrected chi connectivity index (χ0v) is 15.4. The van der Waals surface area contributed by atoms with Crippen molar-refractivity contribution in [2.75, 3.05) is 14.2 Å². The largest absolute Gasteiger partial charge is 0.467 e. The Bertz CT molecular complexity index is 479. The fraction of sp³-hybridized carbons (Fsp3) is 0.688. The first-order chi connectivity index (χ1) is 11.0. The van der Waals surface area contributed by atoms with Crippen molar-refractivity contribution in [2.24, 2.45) is 5.92 Å². The van der Waals surface area contributed by atoms with E-state index in [0.29, 0.717) is 6.42 Å². The molecule has 1 unspecified atom stereocenters. The van der Waals surface area contributed by atoms with Crippen LogP contribution in [0.4, 0.5) is 4.79 Å². The minimum absolute atomic E-state index is 0.176. The maximum absolute atomic E-state index is 11.8. The van der Waals surface area contributed by atoms with Crippen LogP contribution in [0.3, 0.4) is 0 Å². The number of rotatable bonds is 7. The Balaban J connectivity index is 5.14. The van der Waals surface area contributed by atoms with E-state index in [0.717, 1.165) is 0 Å². The number of amides is 1. The van der Waals surface area contributed by atoms with E-state index in [1.54, 1.807) is 20.8 Å². The first-order valence-electron chi connectivity index (χ1n) is 7.62. The molecule has 0 radical (unpaired) electrons. The molecular weight excluding hydrogens is 316 g/mol. The summed E-state index contributed by atoms with van der Waals surface area (Å²) in [5, 5.41) is 5.08. The first kappa shape index (κ1) is 21.8. The van der Waals surface area contributed by atoms with E-state index in [-0.39, 0.29) is 11.6 Å². The molecule has 8 heteroatoms. The van der Waals surface area contributed by atoms with Gasteiger partial charge in [-0.2, -0.15) is 0 Å². The van der Waals surface area contributed by atoms with Crippen molar-refractivity contribution in [1.82, 2.24) is 10.6 Å². The summed E-state index contributed by atoms with van der Waals surface area (Å²) in [5.74, 6) is -1.03. The minimum Gasteiger partial charge on any atom is -0.467 e. The van der Waals surface area contributed by atoms with Gasteiger partial charge in [0.15, 0.2) is 0 Å². The molecule has 0 heterocycles. The van der Waals surface area contributed by atoms with Crippen LogP contribution < -0.4 is 10.6 Å². The summed E-state index contributed by atoms with van der Waals surface area (Å²) in [6.07, 6.45) is 0.892. The molecule has 1 atom stereocenters. The maximum Gasteiger partial charge on any atom is 0.412 e. The number of methoxy groups -OCH3 is 2. The number of hydrogen-bond acceptors (Lipinski definition) is 7. The van der Waals surface area contributed by atoms with Crippen LogP contribution in [0, 0.1) is 5.92 Å². The quantitative estimate of drug-likeness (QED) is 0.411. The molecule has 0 aliphatic rings. The normalized spacial score (nSPS) is 13.1. The second-order valence-electron chi connectivity index (χ2n) is 6.55. The van der Waals surface area contributed by atoms with Gasteiger partial charge >= 0.3 is 18.0 Å². The third-order valence-electron chi connectivity index (χ3n) is 2.66. The van der Waals surface area contributed by atoms with Crippen LogP contribution in [-0.4, -0.2) is 43.9 Å². The van der Waals surface area contributed by atoms with Gasteiger partial charge in [0.2, 0.25) is 0 Å². The lowest BCUT2D eigenvalue weighted by Gasteiger charge is -2.21. The predicted molar refractivity (Wildman–Crippen MR) is 87.9 cm³/mol. The van der Waals surface area contributed by atoms with Gasteiger partial charge < -0.3 is 19.5 Å². The summed E-state index contributed by atoms with van der Waals surface area (Å²) in [7, 11) is 2.46. The summed E-state index contributed by atoms with van der Waals surface area (Å²) >= 11 is 0. The number of nitrogens with one attached hydrogen (secondary N) is 2. The lowest BCUT2D eigenvalue weighted by atomic mass is 10.0. The molecule has 0 aromatic rings. The van der Waals surface area contributed by atoms with E-state index in [1.165, 1.54) is 20.4 Å². The molecule has 0 saturated heterocycles. The third kappa shape index (κ3) is 9.02. The summed E-state index contributed by atoms with van der Waals surface area (Å²) in [4.78, 5) is 35.3. The second kappa shape index (κ2) is 9.79. The highest BCUT2D eigenvalue weighted by Crippen LogP contribution is 2.09. The molecular formula is C16H28N2O6. The molecule has 8 nitrogen and oxygen atoms in total. The van der Waals surface area contributed by atoms with Crippen molar-refractivity contribution < 1.29 is 28.6 Å². The standard InChI is InChI=1S/C16H28N2O6/c1-10(2)8-11(13(19)22-6)17-9-12(14(20)23-7)18-15(21)24-16(3,4)5/h9-11,17H,8H2,1-7H3,(H,18,21)/b12-9-. The number of alkyl carbamates (subject to hydrolysis) is 1. The molecule has 2 N–H and O–H groups in total. The summed E-state index contributed by atoms with van der Waals surface area (Å²) in [6, 6.07) is -0.657. The molecule has 0 aliphatic carbocycles. The summed E-state index contributed by atoms with van der Waals surface area (Å²) in [6.45, 7) is 8.98. The van der Waals surface area contributed by atoms with Crippen LogP contribution in [0.2, 0.25) is 0 Å². The highest BCUT2D eigenvalue weighted by Gasteiger charge is 2.22. The molecule has 24 heavy (non-hydrogen) atoms. The third-order valence-corrected chi connectivity index (χ3v) is 2.66. The van der Waals surface area contributed by atoms with Crippen LogP contribution in [0.1, 0.15) is 41.0 Å². The topological polar surface area (TPSA) is 103 Å². The van der Waals surface area contributed by atoms with Crippen molar-refractivity contribution in [2.45, 2.75) is 52.7 Å². The molecule has 0 saturated carbocycles. The lowest BCUT2D eigenvalue weighted by Crippen LogP contribution is -2.39. The average Bonchev–Trinajstić information content (AvgIpc) is 2.45. The van der Waals surface area contributed by atoms with Crippen molar-refractivity contribution in [3.63, 3.8) is 0 Å². The average molecular weight is 344 g/mol. The van der Waals surface area contributed by atoms with E-state index >= 15 is 0 Å². The van der Waals surface area contributed by atoms with Gasteiger partial charge in [0.1, 0.15) is 17.3 Å². The highest BCUT2D eigenvalue weighted by atomic mass is 16.6. The van der Waals surface area contributed by atoms with Gasteiger partial charge in [-0.3, -0.25) is 5.32 Å². The van der Waals surface area contributed by atoms with Gasteiger partial charge in [-0.25, -0.2) is 14.4 Å². The van der Waals surface area contributed by atoms with Gasteiger partial charge in [-0.1, -0.05) is 13.8 Å². The minimum atomic E-state index is -0.806. The lowest BCUT2D eigenvalue weighted by molar-refractivity contribution is -0.143. The first-order valence-corrected chi connectivity index (χ1v) is 7.62. The van der Waals surface area contributed by atoms with Crippen molar-refractivity contribution in [1.29, 1.82) is 0 Å². The molecule has 0 aromatic carbocycles. The molecule has 1 amide bonds. The van der Waals surface area contributed by atoms with E-state index in [1.807, 2.05) is 13.8 Å². The van der Waals surface area contributed by atoms with E-state index < -0.39 is 29.7 Å². The zero-order valence-electron chi connectivity index (χ0n) is 15.4. The Hall–Kier alpha value is -2.25. The Morgan fingerprint density at radius 1 is 1.08 bits per heavy atom. The molecule has 0 spiro atoms. The van der Waals surface area contributed by atoms with Gasteiger partial charge in [0.25, 0.3) is 0 Å². The molecule has 0 aromatic heterocycles. The number of hydrogen-bond donors (Lipinski definition) is 2. The van der Waals surface area contributed by atoms with E-state index in [2.05, 4.69) is 15.4 Å². The highest BCUT2D eigenvalue weighted by molar-refractivity contribution is 5.92. The summed E-state index contributed by atoms with van der Waals surface area (Å²) < 4.78 is 14.4.